The van der Waals surface area contributed by atoms with Gasteiger partial charge in [-0.05, 0) is 45.4 Å². The first-order valence-corrected chi connectivity index (χ1v) is 9.21. The molecule has 4 heteroatoms. The maximum atomic E-state index is 12.8. The van der Waals surface area contributed by atoms with Crippen molar-refractivity contribution in [3.8, 4) is 6.07 Å². The van der Waals surface area contributed by atoms with Gasteiger partial charge in [-0.15, -0.1) is 0 Å². The van der Waals surface area contributed by atoms with Gasteiger partial charge >= 0.3 is 0 Å². The molecule has 4 nitrogen and oxygen atoms in total. The summed E-state index contributed by atoms with van der Waals surface area (Å²) in [5.74, 6) is -0.267. The van der Waals surface area contributed by atoms with Gasteiger partial charge in [-0.1, -0.05) is 53.6 Å². The number of aromatic nitrogens is 2. The zero-order valence-electron chi connectivity index (χ0n) is 16.7. The summed E-state index contributed by atoms with van der Waals surface area (Å²) in [5, 5.41) is 14.2. The van der Waals surface area contributed by atoms with E-state index >= 15 is 0 Å². The largest absolute Gasteiger partial charge is 0.288 e. The maximum absolute atomic E-state index is 12.8. The van der Waals surface area contributed by atoms with Crippen molar-refractivity contribution in [1.82, 2.24) is 9.78 Å². The van der Waals surface area contributed by atoms with Crippen LogP contribution in [0.4, 0.5) is 0 Å². The summed E-state index contributed by atoms with van der Waals surface area (Å²) in [5.41, 5.74) is 6.56. The van der Waals surface area contributed by atoms with Crippen LogP contribution in [-0.4, -0.2) is 15.6 Å². The topological polar surface area (TPSA) is 58.7 Å². The fourth-order valence-electron chi connectivity index (χ4n) is 3.17. The number of carbonyl (C=O) groups is 1. The van der Waals surface area contributed by atoms with Crippen molar-refractivity contribution in [3.63, 3.8) is 0 Å². The zero-order chi connectivity index (χ0) is 20.3. The predicted molar refractivity (Wildman–Crippen MR) is 111 cm³/mol. The quantitative estimate of drug-likeness (QED) is 0.363. The van der Waals surface area contributed by atoms with Crippen molar-refractivity contribution < 1.29 is 4.79 Å². The molecule has 0 spiro atoms. The molecule has 0 saturated heterocycles. The van der Waals surface area contributed by atoms with Crippen molar-refractivity contribution in [2.24, 2.45) is 0 Å². The van der Waals surface area contributed by atoms with Crippen LogP contribution in [-0.2, 0) is 6.54 Å². The highest BCUT2D eigenvalue weighted by Crippen LogP contribution is 2.20. The third kappa shape index (κ3) is 4.10. The first-order valence-electron chi connectivity index (χ1n) is 9.21. The Labute approximate surface area is 165 Å². The van der Waals surface area contributed by atoms with Gasteiger partial charge in [0.15, 0.2) is 0 Å². The van der Waals surface area contributed by atoms with Crippen molar-refractivity contribution in [1.29, 1.82) is 5.26 Å². The molecule has 1 aromatic heterocycles. The molecule has 0 amide bonds. The summed E-state index contributed by atoms with van der Waals surface area (Å²) in [7, 11) is 0. The minimum atomic E-state index is -0.267. The number of benzene rings is 2. The van der Waals surface area contributed by atoms with Crippen molar-refractivity contribution >= 4 is 11.9 Å². The van der Waals surface area contributed by atoms with E-state index in [1.165, 1.54) is 5.56 Å². The molecule has 2 aromatic carbocycles. The molecule has 0 aliphatic heterocycles. The average molecular weight is 369 g/mol. The Morgan fingerprint density at radius 2 is 1.79 bits per heavy atom. The van der Waals surface area contributed by atoms with Crippen LogP contribution >= 0.6 is 0 Å². The lowest BCUT2D eigenvalue weighted by Crippen LogP contribution is -2.04. The minimum absolute atomic E-state index is 0.117. The lowest BCUT2D eigenvalue weighted by Gasteiger charge is -2.06. The maximum Gasteiger partial charge on any atom is 0.203 e. The van der Waals surface area contributed by atoms with E-state index < -0.39 is 0 Å². The van der Waals surface area contributed by atoms with Crippen LogP contribution < -0.4 is 0 Å². The lowest BCUT2D eigenvalue weighted by molar-refractivity contribution is 0.104. The average Bonchev–Trinajstić information content (AvgIpc) is 2.94. The van der Waals surface area contributed by atoms with Crippen molar-refractivity contribution in [2.45, 2.75) is 34.2 Å². The summed E-state index contributed by atoms with van der Waals surface area (Å²) < 4.78 is 1.91. The van der Waals surface area contributed by atoms with Crippen molar-refractivity contribution in [2.75, 3.05) is 0 Å². The standard InChI is InChI=1S/C24H23N3O/c1-16-8-10-20(11-9-16)15-27-19(4)23(18(3)26-27)13-22(14-25)24(28)21-7-5-6-17(2)12-21/h5-13H,15H2,1-4H3/b22-13-. The molecule has 140 valence electrons. The van der Waals surface area contributed by atoms with Gasteiger partial charge in [-0.3, -0.25) is 9.48 Å². The molecule has 0 unspecified atom stereocenters. The molecule has 28 heavy (non-hydrogen) atoms. The van der Waals surface area contributed by atoms with Crippen LogP contribution in [0.2, 0.25) is 0 Å². The minimum Gasteiger partial charge on any atom is -0.288 e. The predicted octanol–water partition coefficient (Wildman–Crippen LogP) is 4.95. The molecular weight excluding hydrogens is 346 g/mol. The van der Waals surface area contributed by atoms with E-state index in [0.29, 0.717) is 12.1 Å². The Morgan fingerprint density at radius 1 is 1.07 bits per heavy atom. The monoisotopic (exact) mass is 369 g/mol. The van der Waals surface area contributed by atoms with Crippen LogP contribution in [0.1, 0.15) is 44.0 Å². The van der Waals surface area contributed by atoms with E-state index in [4.69, 9.17) is 0 Å². The van der Waals surface area contributed by atoms with E-state index in [2.05, 4.69) is 42.4 Å². The number of Topliss-reactive ketones (excluding diaryl/α,β-unsaturated/α-hetero) is 1. The van der Waals surface area contributed by atoms with Gasteiger partial charge in [-0.2, -0.15) is 10.4 Å². The number of hydrogen-bond acceptors (Lipinski definition) is 3. The fraction of sp³-hybridized carbons (Fsp3) is 0.208. The summed E-state index contributed by atoms with van der Waals surface area (Å²) in [6.45, 7) is 8.50. The Balaban J connectivity index is 1.94. The number of hydrogen-bond donors (Lipinski definition) is 0. The zero-order valence-corrected chi connectivity index (χ0v) is 16.7. The number of allylic oxidation sites excluding steroid dienone is 1. The van der Waals surface area contributed by atoms with Gasteiger partial charge in [-0.25, -0.2) is 0 Å². The third-order valence-electron chi connectivity index (χ3n) is 4.82. The van der Waals surface area contributed by atoms with Gasteiger partial charge in [0.25, 0.3) is 0 Å². The number of rotatable bonds is 5. The Hall–Kier alpha value is -3.45. The molecule has 0 radical (unpaired) electrons. The molecule has 0 atom stereocenters. The summed E-state index contributed by atoms with van der Waals surface area (Å²) >= 11 is 0. The Bertz CT molecular complexity index is 1100. The summed E-state index contributed by atoms with van der Waals surface area (Å²) in [4.78, 5) is 12.8. The van der Waals surface area contributed by atoms with Crippen LogP contribution in [0.3, 0.4) is 0 Å². The molecular formula is C24H23N3O. The van der Waals surface area contributed by atoms with Gasteiger partial charge in [0.2, 0.25) is 5.78 Å². The Kier molecular flexibility index (Phi) is 5.56. The first kappa shape index (κ1) is 19.3. The molecule has 3 aromatic rings. The molecule has 3 rings (SSSR count). The van der Waals surface area contributed by atoms with E-state index in [1.807, 2.05) is 37.6 Å². The summed E-state index contributed by atoms with van der Waals surface area (Å²) in [6.07, 6.45) is 1.66. The number of aryl methyl sites for hydroxylation is 3. The smallest absolute Gasteiger partial charge is 0.203 e. The van der Waals surface area contributed by atoms with E-state index in [0.717, 1.165) is 28.1 Å². The molecule has 0 bridgehead atoms. The third-order valence-corrected chi connectivity index (χ3v) is 4.82. The number of carbonyl (C=O) groups excluding carboxylic acids is 1. The van der Waals surface area contributed by atoms with Gasteiger partial charge in [0.05, 0.1) is 12.2 Å². The normalized spacial score (nSPS) is 11.3. The Morgan fingerprint density at radius 3 is 2.43 bits per heavy atom. The summed E-state index contributed by atoms with van der Waals surface area (Å²) in [6, 6.07) is 17.7. The van der Waals surface area contributed by atoms with Gasteiger partial charge < -0.3 is 0 Å². The molecule has 0 N–H and O–H groups in total. The van der Waals surface area contributed by atoms with Crippen LogP contribution in [0.25, 0.3) is 6.08 Å². The first-order chi connectivity index (χ1) is 13.4. The molecule has 1 heterocycles. The van der Waals surface area contributed by atoms with Crippen molar-refractivity contribution in [3.05, 3.63) is 93.3 Å². The van der Waals surface area contributed by atoms with E-state index in [9.17, 15) is 10.1 Å². The molecule has 0 aliphatic carbocycles. The SMILES string of the molecule is Cc1ccc(Cn2nc(C)c(/C=C(/C#N)C(=O)c3cccc(C)c3)c2C)cc1. The highest BCUT2D eigenvalue weighted by Gasteiger charge is 2.16. The second-order valence-electron chi connectivity index (χ2n) is 7.10. The van der Waals surface area contributed by atoms with Crippen LogP contribution in [0.5, 0.6) is 0 Å². The molecule has 0 saturated carbocycles. The second kappa shape index (κ2) is 8.06. The highest BCUT2D eigenvalue weighted by molar-refractivity contribution is 6.14. The number of nitrogens with zero attached hydrogens (tertiary/aromatic N) is 3. The highest BCUT2D eigenvalue weighted by atomic mass is 16.1. The molecule has 0 fully saturated rings. The van der Waals surface area contributed by atoms with Gasteiger partial charge in [0.1, 0.15) is 11.6 Å². The van der Waals surface area contributed by atoms with Gasteiger partial charge in [0, 0.05) is 16.8 Å². The van der Waals surface area contributed by atoms with Crippen LogP contribution in [0.15, 0.2) is 54.1 Å². The second-order valence-corrected chi connectivity index (χ2v) is 7.10. The van der Waals surface area contributed by atoms with E-state index in [-0.39, 0.29) is 11.4 Å². The van der Waals surface area contributed by atoms with E-state index in [1.54, 1.807) is 18.2 Å². The van der Waals surface area contributed by atoms with Crippen LogP contribution in [0, 0.1) is 39.0 Å². The molecule has 0 aliphatic rings. The number of nitriles is 1. The lowest BCUT2D eigenvalue weighted by atomic mass is 10.00. The number of ketones is 1. The fourth-order valence-corrected chi connectivity index (χ4v) is 3.17.